The molecule has 0 bridgehead atoms. The smallest absolute Gasteiger partial charge is 0.387 e. The monoisotopic (exact) mass is 372 g/mol. The van der Waals surface area contributed by atoms with Gasteiger partial charge in [0.1, 0.15) is 31.0 Å². The predicted octanol–water partition coefficient (Wildman–Crippen LogP) is -4.42. The molecule has 0 aromatic carbocycles. The molecule has 1 saturated heterocycles. The Hall–Kier alpha value is -2.21. The Labute approximate surface area is 142 Å². The average Bonchev–Trinajstić information content (AvgIpc) is 3.08. The minimum absolute atomic E-state index is 0.139. The summed E-state index contributed by atoms with van der Waals surface area (Å²) in [4.78, 5) is 3.85. The molecule has 3 aliphatic rings. The molecule has 7 N–H and O–H groups in total. The second kappa shape index (κ2) is 5.95. The van der Waals surface area contributed by atoms with E-state index in [4.69, 9.17) is 10.5 Å². The van der Waals surface area contributed by atoms with Crippen LogP contribution in [0.2, 0.25) is 0 Å². The first kappa shape index (κ1) is 17.6. The van der Waals surface area contributed by atoms with Crippen molar-refractivity contribution < 1.29 is 37.4 Å². The van der Waals surface area contributed by atoms with Crippen LogP contribution in [-0.2, 0) is 19.2 Å². The number of nitriles is 1. The van der Waals surface area contributed by atoms with Crippen LogP contribution in [0.25, 0.3) is 0 Å². The summed E-state index contributed by atoms with van der Waals surface area (Å²) in [6.45, 7) is -0.610. The lowest BCUT2D eigenvalue weighted by molar-refractivity contribution is -0.543. The fourth-order valence-corrected chi connectivity index (χ4v) is 3.19. The molecule has 0 aromatic heterocycles. The van der Waals surface area contributed by atoms with Gasteiger partial charge in [-0.2, -0.15) is 5.26 Å². The highest BCUT2D eigenvalue weighted by Gasteiger charge is 2.63. The maximum absolute atomic E-state index is 11.0. The zero-order chi connectivity index (χ0) is 18.4. The molecule has 3 heterocycles. The Balaban J connectivity index is 1.95. The van der Waals surface area contributed by atoms with Crippen LogP contribution in [0.1, 0.15) is 0 Å². The van der Waals surface area contributed by atoms with Gasteiger partial charge in [-0.1, -0.05) is 4.68 Å². The number of aliphatic imine (C=N–C) groups is 1. The molecule has 0 amide bonds. The Kier molecular flexibility index (Phi) is 4.19. The fourth-order valence-electron chi connectivity index (χ4n) is 2.85. The molecule has 0 radical (unpaired) electrons. The SMILES string of the molecule is N#C[C@@]1(C2=[N+]3N=CN=C(N)C3C=C2)O[C@H](COS([NH3+])(=O)=O)[C@@H](O)[C@H]1O. The van der Waals surface area contributed by atoms with Crippen molar-refractivity contribution in [3.05, 3.63) is 12.2 Å². The molecule has 1 fully saturated rings. The summed E-state index contributed by atoms with van der Waals surface area (Å²) in [5.74, 6) is 0.227. The number of aliphatic hydroxyl groups excluding tert-OH is 2. The number of hydrogen-bond acceptors (Lipinski definition) is 10. The summed E-state index contributed by atoms with van der Waals surface area (Å²) in [5, 5.41) is 37.0. The van der Waals surface area contributed by atoms with Gasteiger partial charge >= 0.3 is 10.3 Å². The van der Waals surface area contributed by atoms with E-state index < -0.39 is 46.9 Å². The number of quaternary nitrogens is 1. The van der Waals surface area contributed by atoms with Gasteiger partial charge in [-0.05, 0) is 0 Å². The maximum Gasteiger partial charge on any atom is 0.430 e. The number of nitrogens with zero attached hydrogens (tertiary/aromatic N) is 4. The lowest BCUT2D eigenvalue weighted by Crippen LogP contribution is -2.58. The molecule has 3 rings (SSSR count). The zero-order valence-corrected chi connectivity index (χ0v) is 13.6. The number of aliphatic hydroxyl groups is 2. The lowest BCUT2D eigenvalue weighted by atomic mass is 9.91. The molecule has 134 valence electrons. The van der Waals surface area contributed by atoms with E-state index in [1.807, 2.05) is 6.07 Å². The van der Waals surface area contributed by atoms with Gasteiger partial charge in [0.2, 0.25) is 0 Å². The number of fused-ring (bicyclic) bond motifs is 1. The van der Waals surface area contributed by atoms with Crippen molar-refractivity contribution in [1.82, 2.24) is 0 Å². The quantitative estimate of drug-likeness (QED) is 0.354. The summed E-state index contributed by atoms with van der Waals surface area (Å²) >= 11 is 0. The van der Waals surface area contributed by atoms with Crippen LogP contribution in [0.5, 0.6) is 0 Å². The second-order valence-corrected chi connectivity index (χ2v) is 6.95. The topological polar surface area (TPSA) is 198 Å². The normalized spacial score (nSPS) is 37.1. The predicted molar refractivity (Wildman–Crippen MR) is 81.3 cm³/mol. The molecule has 1 unspecified atom stereocenters. The molecule has 3 aliphatic heterocycles. The van der Waals surface area contributed by atoms with Crippen molar-refractivity contribution in [2.45, 2.75) is 30.0 Å². The Bertz CT molecular complexity index is 858. The lowest BCUT2D eigenvalue weighted by Gasteiger charge is -2.21. The van der Waals surface area contributed by atoms with Crippen LogP contribution in [0.4, 0.5) is 0 Å². The van der Waals surface area contributed by atoms with Gasteiger partial charge in [0.25, 0.3) is 17.4 Å². The maximum atomic E-state index is 11.0. The third kappa shape index (κ3) is 2.84. The number of hydrogen-bond donors (Lipinski definition) is 4. The van der Waals surface area contributed by atoms with Gasteiger partial charge in [-0.25, -0.2) is 14.3 Å². The number of amidine groups is 1. The summed E-state index contributed by atoms with van der Waals surface area (Å²) in [6, 6.07) is 1.29. The van der Waals surface area contributed by atoms with E-state index in [0.29, 0.717) is 0 Å². The highest BCUT2D eigenvalue weighted by Crippen LogP contribution is 2.35. The summed E-state index contributed by atoms with van der Waals surface area (Å²) in [7, 11) is -4.03. The first-order valence-corrected chi connectivity index (χ1v) is 8.65. The summed E-state index contributed by atoms with van der Waals surface area (Å²) in [5.41, 5.74) is 3.93. The second-order valence-electron chi connectivity index (χ2n) is 5.60. The van der Waals surface area contributed by atoms with Crippen LogP contribution in [-0.4, -0.2) is 77.8 Å². The molecule has 13 heteroatoms. The van der Waals surface area contributed by atoms with Crippen molar-refractivity contribution in [2.24, 2.45) is 15.8 Å². The standard InChI is InChI=1S/C12H15N6O6S/c13-4-12(8-2-1-6-11(14)16-5-17-18(6)8)10(20)9(19)7(24-12)3-23-25(15,21)22/h1-2,5-7,9-10,19-20H,3H2,(H2,14,16,17)(H2,15,21,22)/q+1/p+1/t6?,7-,9-,10-,12+/m1/s1. The molecular formula is C12H16N6O6S+2. The van der Waals surface area contributed by atoms with E-state index in [1.54, 1.807) is 6.08 Å². The molecule has 12 nitrogen and oxygen atoms in total. The van der Waals surface area contributed by atoms with Crippen LogP contribution in [0.3, 0.4) is 0 Å². The molecule has 0 spiro atoms. The largest absolute Gasteiger partial charge is 0.430 e. The van der Waals surface area contributed by atoms with E-state index in [2.05, 4.69) is 19.4 Å². The molecule has 0 aliphatic carbocycles. The van der Waals surface area contributed by atoms with Gasteiger partial charge in [0, 0.05) is 17.3 Å². The van der Waals surface area contributed by atoms with E-state index in [1.165, 1.54) is 17.1 Å². The van der Waals surface area contributed by atoms with Crippen molar-refractivity contribution in [3.63, 3.8) is 0 Å². The number of hydrazone groups is 1. The summed E-state index contributed by atoms with van der Waals surface area (Å²) in [6.07, 6.45) is -0.246. The molecule has 5 atom stereocenters. The molecule has 25 heavy (non-hydrogen) atoms. The van der Waals surface area contributed by atoms with Crippen molar-refractivity contribution >= 4 is 28.2 Å². The molecule has 0 saturated carbocycles. The molecule has 0 aromatic rings. The van der Waals surface area contributed by atoms with Gasteiger partial charge in [0.05, 0.1) is 0 Å². The van der Waals surface area contributed by atoms with E-state index in [-0.39, 0.29) is 11.5 Å². The third-order valence-electron chi connectivity index (χ3n) is 4.05. The molecular weight excluding hydrogens is 356 g/mol. The van der Waals surface area contributed by atoms with Crippen molar-refractivity contribution in [2.75, 3.05) is 6.61 Å². The van der Waals surface area contributed by atoms with Crippen LogP contribution >= 0.6 is 0 Å². The van der Waals surface area contributed by atoms with Crippen LogP contribution in [0.15, 0.2) is 22.2 Å². The highest BCUT2D eigenvalue weighted by molar-refractivity contribution is 7.79. The number of rotatable bonds is 4. The van der Waals surface area contributed by atoms with Crippen LogP contribution in [0, 0.1) is 11.3 Å². The van der Waals surface area contributed by atoms with Gasteiger partial charge < -0.3 is 20.7 Å². The van der Waals surface area contributed by atoms with Gasteiger partial charge in [-0.15, -0.1) is 8.42 Å². The first-order valence-electron chi connectivity index (χ1n) is 7.08. The van der Waals surface area contributed by atoms with E-state index >= 15 is 0 Å². The average molecular weight is 372 g/mol. The fraction of sp³-hybridized carbons (Fsp3) is 0.500. The van der Waals surface area contributed by atoms with Crippen molar-refractivity contribution in [1.29, 1.82) is 5.26 Å². The van der Waals surface area contributed by atoms with Crippen molar-refractivity contribution in [3.8, 4) is 6.07 Å². The minimum atomic E-state index is -4.03. The number of nitrogens with two attached hydrogens (primary N) is 1. The van der Waals surface area contributed by atoms with Gasteiger partial charge in [-0.3, -0.25) is 0 Å². The minimum Gasteiger partial charge on any atom is -0.387 e. The van der Waals surface area contributed by atoms with Gasteiger partial charge in [0.15, 0.2) is 12.2 Å². The van der Waals surface area contributed by atoms with E-state index in [0.717, 1.165) is 0 Å². The first-order chi connectivity index (χ1) is 11.7. The zero-order valence-electron chi connectivity index (χ0n) is 12.8. The Morgan fingerprint density at radius 2 is 2.28 bits per heavy atom. The Morgan fingerprint density at radius 1 is 1.56 bits per heavy atom. The summed E-state index contributed by atoms with van der Waals surface area (Å²) < 4.78 is 33.4. The third-order valence-corrected chi connectivity index (χ3v) is 4.54. The number of ether oxygens (including phenoxy) is 1. The Morgan fingerprint density at radius 3 is 2.92 bits per heavy atom. The van der Waals surface area contributed by atoms with Crippen LogP contribution < -0.4 is 10.9 Å². The highest BCUT2D eigenvalue weighted by atomic mass is 32.2. The van der Waals surface area contributed by atoms with E-state index in [9.17, 15) is 23.9 Å².